The molecule has 19 heavy (non-hydrogen) atoms. The Morgan fingerprint density at radius 3 is 2.63 bits per heavy atom. The summed E-state index contributed by atoms with van der Waals surface area (Å²) in [6.45, 7) is 4.50. The Kier molecular flexibility index (Phi) is 3.41. The largest absolute Gasteiger partial charge is 0.367 e. The summed E-state index contributed by atoms with van der Waals surface area (Å²) in [4.78, 5) is 4.78. The van der Waals surface area contributed by atoms with Crippen molar-refractivity contribution in [2.45, 2.75) is 45.6 Å². The van der Waals surface area contributed by atoms with Crippen LogP contribution in [0.5, 0.6) is 0 Å². The molecule has 0 aliphatic heterocycles. The normalized spacial score (nSPS) is 23.5. The number of aromatic nitrogens is 1. The number of nitrogens with zero attached hydrogens (tertiary/aromatic N) is 1. The maximum Gasteiger partial charge on any atom is 0.129 e. The molecule has 1 fully saturated rings. The van der Waals surface area contributed by atoms with E-state index in [0.29, 0.717) is 6.04 Å². The third kappa shape index (κ3) is 2.73. The predicted octanol–water partition coefficient (Wildman–Crippen LogP) is 4.53. The molecule has 1 N–H and O–H groups in total. The van der Waals surface area contributed by atoms with Gasteiger partial charge < -0.3 is 5.32 Å². The van der Waals surface area contributed by atoms with Crippen molar-refractivity contribution in [3.63, 3.8) is 0 Å². The van der Waals surface area contributed by atoms with Crippen molar-refractivity contribution in [2.24, 2.45) is 5.92 Å². The number of benzene rings is 1. The van der Waals surface area contributed by atoms with E-state index >= 15 is 0 Å². The molecule has 3 rings (SSSR count). The second kappa shape index (κ2) is 5.20. The Morgan fingerprint density at radius 2 is 1.84 bits per heavy atom. The van der Waals surface area contributed by atoms with E-state index in [9.17, 15) is 0 Å². The van der Waals surface area contributed by atoms with Gasteiger partial charge in [-0.1, -0.05) is 25.1 Å². The molecule has 0 unspecified atom stereocenters. The fourth-order valence-electron chi connectivity index (χ4n) is 2.97. The third-order valence-corrected chi connectivity index (χ3v) is 4.27. The highest BCUT2D eigenvalue weighted by Crippen LogP contribution is 2.27. The summed E-state index contributed by atoms with van der Waals surface area (Å²) in [5.74, 6) is 1.96. The van der Waals surface area contributed by atoms with E-state index < -0.39 is 0 Å². The van der Waals surface area contributed by atoms with Crippen molar-refractivity contribution >= 4 is 16.7 Å². The minimum absolute atomic E-state index is 0.601. The van der Waals surface area contributed by atoms with E-state index in [0.717, 1.165) is 17.3 Å². The first-order valence-electron chi connectivity index (χ1n) is 7.35. The molecule has 2 aromatic rings. The maximum absolute atomic E-state index is 4.78. The predicted molar refractivity (Wildman–Crippen MR) is 81.5 cm³/mol. The van der Waals surface area contributed by atoms with E-state index in [1.54, 1.807) is 0 Å². The monoisotopic (exact) mass is 254 g/mol. The topological polar surface area (TPSA) is 24.9 Å². The van der Waals surface area contributed by atoms with Crippen molar-refractivity contribution in [1.29, 1.82) is 0 Å². The van der Waals surface area contributed by atoms with Gasteiger partial charge in [0.15, 0.2) is 0 Å². The molecule has 1 aliphatic carbocycles. The average molecular weight is 254 g/mol. The number of anilines is 1. The van der Waals surface area contributed by atoms with Crippen LogP contribution in [0.1, 0.15) is 38.2 Å². The van der Waals surface area contributed by atoms with Gasteiger partial charge in [0.2, 0.25) is 0 Å². The average Bonchev–Trinajstić information content (AvgIpc) is 2.42. The molecule has 100 valence electrons. The van der Waals surface area contributed by atoms with Gasteiger partial charge in [-0.05, 0) is 56.2 Å². The number of hydrogen-bond acceptors (Lipinski definition) is 2. The van der Waals surface area contributed by atoms with Gasteiger partial charge in [0.05, 0.1) is 5.52 Å². The van der Waals surface area contributed by atoms with Crippen LogP contribution in [-0.4, -0.2) is 11.0 Å². The molecular formula is C17H22N2. The lowest BCUT2D eigenvalue weighted by molar-refractivity contribution is 0.361. The fraction of sp³-hybridized carbons (Fsp3) is 0.471. The number of aryl methyl sites for hydroxylation is 1. The number of para-hydroxylation sites is 1. The number of pyridine rings is 1. The highest BCUT2D eigenvalue weighted by Gasteiger charge is 2.18. The van der Waals surface area contributed by atoms with E-state index in [4.69, 9.17) is 4.98 Å². The first kappa shape index (κ1) is 12.5. The SMILES string of the molecule is Cc1cc2ccccc2nc1NC1CCC(C)CC1. The van der Waals surface area contributed by atoms with E-state index in [1.165, 1.54) is 36.6 Å². The Hall–Kier alpha value is -1.57. The van der Waals surface area contributed by atoms with Crippen LogP contribution >= 0.6 is 0 Å². The van der Waals surface area contributed by atoms with E-state index in [1.807, 2.05) is 0 Å². The van der Waals surface area contributed by atoms with Gasteiger partial charge in [-0.25, -0.2) is 4.98 Å². The van der Waals surface area contributed by atoms with Crippen LogP contribution in [0.4, 0.5) is 5.82 Å². The van der Waals surface area contributed by atoms with Crippen LogP contribution in [0.15, 0.2) is 30.3 Å². The summed E-state index contributed by atoms with van der Waals surface area (Å²) in [5, 5.41) is 4.88. The molecule has 0 atom stereocenters. The summed E-state index contributed by atoms with van der Waals surface area (Å²) < 4.78 is 0. The van der Waals surface area contributed by atoms with Crippen LogP contribution in [0, 0.1) is 12.8 Å². The molecule has 1 saturated carbocycles. The van der Waals surface area contributed by atoms with Crippen LogP contribution in [0.25, 0.3) is 10.9 Å². The first-order chi connectivity index (χ1) is 9.22. The standard InChI is InChI=1S/C17H22N2/c1-12-7-9-15(10-8-12)18-17-13(2)11-14-5-3-4-6-16(14)19-17/h3-6,11-12,15H,7-10H2,1-2H3,(H,18,19). The van der Waals surface area contributed by atoms with Gasteiger partial charge in [-0.3, -0.25) is 0 Å². The Balaban J connectivity index is 1.82. The maximum atomic E-state index is 4.78. The molecule has 1 aromatic carbocycles. The third-order valence-electron chi connectivity index (χ3n) is 4.27. The van der Waals surface area contributed by atoms with Crippen LogP contribution in [0.3, 0.4) is 0 Å². The molecule has 1 aliphatic rings. The quantitative estimate of drug-likeness (QED) is 0.851. The summed E-state index contributed by atoms with van der Waals surface area (Å²) in [7, 11) is 0. The van der Waals surface area contributed by atoms with Gasteiger partial charge >= 0.3 is 0 Å². The smallest absolute Gasteiger partial charge is 0.129 e. The Bertz CT molecular complexity index is 568. The summed E-state index contributed by atoms with van der Waals surface area (Å²) in [5.41, 5.74) is 2.33. The van der Waals surface area contributed by atoms with Crippen molar-refractivity contribution in [3.8, 4) is 0 Å². The zero-order valence-electron chi connectivity index (χ0n) is 11.8. The highest BCUT2D eigenvalue weighted by molar-refractivity contribution is 5.81. The fourth-order valence-corrected chi connectivity index (χ4v) is 2.97. The molecule has 1 heterocycles. The summed E-state index contributed by atoms with van der Waals surface area (Å²) >= 11 is 0. The minimum Gasteiger partial charge on any atom is -0.367 e. The Morgan fingerprint density at radius 1 is 1.11 bits per heavy atom. The van der Waals surface area contributed by atoms with Crippen LogP contribution in [0.2, 0.25) is 0 Å². The molecule has 0 spiro atoms. The molecule has 0 saturated heterocycles. The van der Waals surface area contributed by atoms with E-state index in [-0.39, 0.29) is 0 Å². The van der Waals surface area contributed by atoms with Crippen molar-refractivity contribution in [3.05, 3.63) is 35.9 Å². The molecular weight excluding hydrogens is 232 g/mol. The van der Waals surface area contributed by atoms with Crippen molar-refractivity contribution in [1.82, 2.24) is 4.98 Å². The number of hydrogen-bond donors (Lipinski definition) is 1. The van der Waals surface area contributed by atoms with E-state index in [2.05, 4.69) is 49.5 Å². The molecule has 0 amide bonds. The van der Waals surface area contributed by atoms with Gasteiger partial charge in [0.25, 0.3) is 0 Å². The van der Waals surface area contributed by atoms with Gasteiger partial charge in [0, 0.05) is 11.4 Å². The molecule has 0 bridgehead atoms. The van der Waals surface area contributed by atoms with Crippen molar-refractivity contribution in [2.75, 3.05) is 5.32 Å². The first-order valence-corrected chi connectivity index (χ1v) is 7.35. The Labute approximate surface area is 115 Å². The second-order valence-corrected chi connectivity index (χ2v) is 5.95. The molecule has 2 heteroatoms. The summed E-state index contributed by atoms with van der Waals surface area (Å²) in [6.07, 6.45) is 5.22. The van der Waals surface area contributed by atoms with Gasteiger partial charge in [-0.15, -0.1) is 0 Å². The number of rotatable bonds is 2. The van der Waals surface area contributed by atoms with Gasteiger partial charge in [-0.2, -0.15) is 0 Å². The molecule has 1 aromatic heterocycles. The lowest BCUT2D eigenvalue weighted by Gasteiger charge is -2.27. The minimum atomic E-state index is 0.601. The highest BCUT2D eigenvalue weighted by atomic mass is 15.0. The van der Waals surface area contributed by atoms with Crippen LogP contribution < -0.4 is 5.32 Å². The number of fused-ring (bicyclic) bond motifs is 1. The lowest BCUT2D eigenvalue weighted by Crippen LogP contribution is -2.26. The molecule has 2 nitrogen and oxygen atoms in total. The van der Waals surface area contributed by atoms with Crippen LogP contribution in [-0.2, 0) is 0 Å². The van der Waals surface area contributed by atoms with Crippen molar-refractivity contribution < 1.29 is 0 Å². The molecule has 0 radical (unpaired) electrons. The lowest BCUT2D eigenvalue weighted by atomic mass is 9.87. The zero-order valence-corrected chi connectivity index (χ0v) is 11.8. The second-order valence-electron chi connectivity index (χ2n) is 5.95. The zero-order chi connectivity index (χ0) is 13.2. The summed E-state index contributed by atoms with van der Waals surface area (Å²) in [6, 6.07) is 11.2. The van der Waals surface area contributed by atoms with Gasteiger partial charge in [0.1, 0.15) is 5.82 Å². The number of nitrogens with one attached hydrogen (secondary N) is 1.